The molecule has 2 amide bonds. The quantitative estimate of drug-likeness (QED) is 0.639. The van der Waals surface area contributed by atoms with Gasteiger partial charge in [0.2, 0.25) is 11.8 Å². The van der Waals surface area contributed by atoms with Crippen LogP contribution in [0.1, 0.15) is 46.5 Å². The average Bonchev–Trinajstić information content (AvgIpc) is 3.42. The van der Waals surface area contributed by atoms with E-state index in [0.717, 1.165) is 43.7 Å². The number of hydrogen-bond acceptors (Lipinski definition) is 3. The van der Waals surface area contributed by atoms with Crippen LogP contribution in [0, 0.1) is 11.8 Å². The van der Waals surface area contributed by atoms with Gasteiger partial charge in [-0.1, -0.05) is 19.8 Å². The van der Waals surface area contributed by atoms with Gasteiger partial charge >= 0.3 is 0 Å². The van der Waals surface area contributed by atoms with E-state index in [1.54, 1.807) is 0 Å². The predicted molar refractivity (Wildman–Crippen MR) is 103 cm³/mol. The van der Waals surface area contributed by atoms with Crippen LogP contribution < -0.4 is 15.5 Å². The van der Waals surface area contributed by atoms with Crippen molar-refractivity contribution in [3.8, 4) is 0 Å². The Bertz CT molecular complexity index is 567. The van der Waals surface area contributed by atoms with E-state index < -0.39 is 0 Å². The molecule has 0 aliphatic heterocycles. The van der Waals surface area contributed by atoms with E-state index in [1.807, 2.05) is 24.3 Å². The molecule has 0 heterocycles. The third-order valence-electron chi connectivity index (χ3n) is 4.81. The van der Waals surface area contributed by atoms with Crippen LogP contribution in [0.5, 0.6) is 0 Å². The monoisotopic (exact) mass is 345 g/mol. The second-order valence-electron chi connectivity index (χ2n) is 6.66. The number of anilines is 2. The lowest BCUT2D eigenvalue weighted by atomic mass is 10.2. The highest BCUT2D eigenvalue weighted by Crippen LogP contribution is 2.39. The summed E-state index contributed by atoms with van der Waals surface area (Å²) in [4.78, 5) is 26.6. The fraction of sp³-hybridized carbons (Fsp3) is 0.600. The molecule has 138 valence electrons. The summed E-state index contributed by atoms with van der Waals surface area (Å²) in [5, 5.41) is 5.87. The third-order valence-corrected chi connectivity index (χ3v) is 4.81. The molecule has 5 heteroatoms. The molecule has 2 rings (SSSR count). The Hall–Kier alpha value is -2.04. The molecule has 1 aliphatic rings. The van der Waals surface area contributed by atoms with Gasteiger partial charge in [0.1, 0.15) is 0 Å². The molecule has 0 bridgehead atoms. The van der Waals surface area contributed by atoms with Crippen molar-refractivity contribution in [2.75, 3.05) is 29.9 Å². The molecule has 1 aromatic rings. The van der Waals surface area contributed by atoms with Crippen LogP contribution in [0.15, 0.2) is 24.3 Å². The van der Waals surface area contributed by atoms with Crippen LogP contribution in [0.25, 0.3) is 0 Å². The normalized spacial score (nSPS) is 18.5. The van der Waals surface area contributed by atoms with Crippen LogP contribution >= 0.6 is 0 Å². The lowest BCUT2D eigenvalue weighted by Gasteiger charge is -2.21. The summed E-state index contributed by atoms with van der Waals surface area (Å²) in [6, 6.07) is 7.89. The topological polar surface area (TPSA) is 61.4 Å². The first-order valence-corrected chi connectivity index (χ1v) is 9.54. The zero-order valence-electron chi connectivity index (χ0n) is 15.7. The number of rotatable bonds is 10. The van der Waals surface area contributed by atoms with E-state index in [2.05, 4.69) is 36.3 Å². The van der Waals surface area contributed by atoms with E-state index >= 15 is 0 Å². The molecular formula is C20H31N3O2. The van der Waals surface area contributed by atoms with Gasteiger partial charge in [0, 0.05) is 31.0 Å². The Balaban J connectivity index is 1.78. The number of nitrogens with one attached hydrogen (secondary N) is 2. The standard InChI is InChI=1S/C20H31N3O2/c1-4-7-8-13-21-19(24)17-14-18(17)20(25)22-15-9-11-16(12-10-15)23(5-2)6-3/h9-12,17-18H,4-8,13-14H2,1-3H3,(H,21,24)(H,22,25). The molecule has 1 aliphatic carbocycles. The van der Waals surface area contributed by atoms with E-state index in [1.165, 1.54) is 0 Å². The first-order valence-electron chi connectivity index (χ1n) is 9.54. The van der Waals surface area contributed by atoms with Gasteiger partial charge in [-0.05, 0) is 51.0 Å². The number of hydrogen-bond donors (Lipinski definition) is 2. The van der Waals surface area contributed by atoms with Crippen molar-refractivity contribution in [2.24, 2.45) is 11.8 Å². The molecule has 1 fully saturated rings. The van der Waals surface area contributed by atoms with Gasteiger partial charge in [0.25, 0.3) is 0 Å². The van der Waals surface area contributed by atoms with E-state index in [0.29, 0.717) is 13.0 Å². The van der Waals surface area contributed by atoms with Gasteiger partial charge < -0.3 is 15.5 Å². The first kappa shape index (κ1) is 19.3. The lowest BCUT2D eigenvalue weighted by Crippen LogP contribution is -2.28. The van der Waals surface area contributed by atoms with E-state index in [-0.39, 0.29) is 23.7 Å². The molecule has 1 aromatic carbocycles. The molecule has 1 saturated carbocycles. The molecule has 2 atom stereocenters. The SMILES string of the molecule is CCCCCNC(=O)C1CC1C(=O)Nc1ccc(N(CC)CC)cc1. The molecule has 0 radical (unpaired) electrons. The molecule has 0 saturated heterocycles. The second-order valence-corrected chi connectivity index (χ2v) is 6.66. The molecule has 0 spiro atoms. The van der Waals surface area contributed by atoms with Gasteiger partial charge in [-0.25, -0.2) is 0 Å². The maximum Gasteiger partial charge on any atom is 0.228 e. The summed E-state index contributed by atoms with van der Waals surface area (Å²) in [5.74, 6) is -0.373. The minimum Gasteiger partial charge on any atom is -0.372 e. The van der Waals surface area contributed by atoms with Gasteiger partial charge in [0.15, 0.2) is 0 Å². The van der Waals surface area contributed by atoms with Crippen LogP contribution in [-0.4, -0.2) is 31.4 Å². The van der Waals surface area contributed by atoms with Gasteiger partial charge in [0.05, 0.1) is 11.8 Å². The maximum absolute atomic E-state index is 12.3. The van der Waals surface area contributed by atoms with Gasteiger partial charge in [-0.15, -0.1) is 0 Å². The molecule has 0 aromatic heterocycles. The summed E-state index contributed by atoms with van der Waals surface area (Å²) in [6.07, 6.45) is 3.92. The van der Waals surface area contributed by atoms with E-state index in [9.17, 15) is 9.59 Å². The summed E-state index contributed by atoms with van der Waals surface area (Å²) in [5.41, 5.74) is 1.94. The number of amides is 2. The zero-order valence-corrected chi connectivity index (χ0v) is 15.7. The highest BCUT2D eigenvalue weighted by atomic mass is 16.2. The molecular weight excluding hydrogens is 314 g/mol. The van der Waals surface area contributed by atoms with Crippen molar-refractivity contribution in [1.82, 2.24) is 5.32 Å². The number of unbranched alkanes of at least 4 members (excludes halogenated alkanes) is 2. The molecule has 5 nitrogen and oxygen atoms in total. The molecule has 2 unspecified atom stereocenters. The smallest absolute Gasteiger partial charge is 0.228 e. The van der Waals surface area contributed by atoms with Crippen molar-refractivity contribution in [3.63, 3.8) is 0 Å². The van der Waals surface area contributed by atoms with Crippen molar-refractivity contribution in [3.05, 3.63) is 24.3 Å². The Morgan fingerprint density at radius 2 is 1.64 bits per heavy atom. The Morgan fingerprint density at radius 3 is 2.24 bits per heavy atom. The van der Waals surface area contributed by atoms with Crippen LogP contribution in [0.4, 0.5) is 11.4 Å². The van der Waals surface area contributed by atoms with Gasteiger partial charge in [-0.2, -0.15) is 0 Å². The molecule has 25 heavy (non-hydrogen) atoms. The van der Waals surface area contributed by atoms with Crippen molar-refractivity contribution in [2.45, 2.75) is 46.5 Å². The van der Waals surface area contributed by atoms with Crippen molar-refractivity contribution in [1.29, 1.82) is 0 Å². The van der Waals surface area contributed by atoms with Gasteiger partial charge in [-0.3, -0.25) is 9.59 Å². The third kappa shape index (κ3) is 5.48. The number of benzene rings is 1. The zero-order chi connectivity index (χ0) is 18.2. The van der Waals surface area contributed by atoms with Crippen molar-refractivity contribution >= 4 is 23.2 Å². The fourth-order valence-corrected chi connectivity index (χ4v) is 3.07. The second kappa shape index (κ2) is 9.44. The highest BCUT2D eigenvalue weighted by molar-refractivity contribution is 5.99. The van der Waals surface area contributed by atoms with E-state index in [4.69, 9.17) is 0 Å². The maximum atomic E-state index is 12.3. The average molecular weight is 345 g/mol. The lowest BCUT2D eigenvalue weighted by molar-refractivity contribution is -0.125. The summed E-state index contributed by atoms with van der Waals surface area (Å²) in [7, 11) is 0. The number of carbonyl (C=O) groups excluding carboxylic acids is 2. The number of carbonyl (C=O) groups is 2. The largest absolute Gasteiger partial charge is 0.372 e. The Morgan fingerprint density at radius 1 is 1.00 bits per heavy atom. The Labute approximate surface area is 151 Å². The predicted octanol–water partition coefficient (Wildman–Crippen LogP) is 3.41. The highest BCUT2D eigenvalue weighted by Gasteiger charge is 2.47. The van der Waals surface area contributed by atoms with Crippen LogP contribution in [-0.2, 0) is 9.59 Å². The van der Waals surface area contributed by atoms with Crippen LogP contribution in [0.3, 0.4) is 0 Å². The summed E-state index contributed by atoms with van der Waals surface area (Å²) < 4.78 is 0. The fourth-order valence-electron chi connectivity index (χ4n) is 3.07. The Kier molecular flexibility index (Phi) is 7.29. The minimum atomic E-state index is -0.186. The molecule has 2 N–H and O–H groups in total. The minimum absolute atomic E-state index is 0.0214. The van der Waals surface area contributed by atoms with Crippen LogP contribution in [0.2, 0.25) is 0 Å². The first-order chi connectivity index (χ1) is 12.1. The number of nitrogens with zero attached hydrogens (tertiary/aromatic N) is 1. The summed E-state index contributed by atoms with van der Waals surface area (Å²) >= 11 is 0. The van der Waals surface area contributed by atoms with Crippen molar-refractivity contribution < 1.29 is 9.59 Å². The summed E-state index contributed by atoms with van der Waals surface area (Å²) in [6.45, 7) is 9.01.